The molecule has 3 aromatic rings. The molecule has 0 amide bonds. The monoisotopic (exact) mass is 254 g/mol. The van der Waals surface area contributed by atoms with Crippen molar-refractivity contribution in [2.75, 3.05) is 0 Å². The first kappa shape index (κ1) is 11.6. The summed E-state index contributed by atoms with van der Waals surface area (Å²) in [6, 6.07) is 8.28. The molecule has 1 N–H and O–H groups in total. The third-order valence-corrected chi connectivity index (χ3v) is 3.07. The van der Waals surface area contributed by atoms with Gasteiger partial charge in [-0.15, -0.1) is 0 Å². The third kappa shape index (κ3) is 2.14. The summed E-state index contributed by atoms with van der Waals surface area (Å²) in [6.07, 6.45) is 1.66. The Morgan fingerprint density at radius 3 is 2.68 bits per heavy atom. The Bertz CT molecular complexity index is 783. The van der Waals surface area contributed by atoms with E-state index in [2.05, 4.69) is 46.1 Å². The molecule has 96 valence electrons. The van der Waals surface area contributed by atoms with Gasteiger partial charge in [-0.3, -0.25) is 4.79 Å². The number of imidazole rings is 1. The van der Waals surface area contributed by atoms with Crippen molar-refractivity contribution in [2.24, 2.45) is 0 Å². The van der Waals surface area contributed by atoms with Gasteiger partial charge in [-0.2, -0.15) is 0 Å². The van der Waals surface area contributed by atoms with Crippen LogP contribution in [0.2, 0.25) is 0 Å². The minimum absolute atomic E-state index is 0.190. The maximum atomic E-state index is 11.7. The van der Waals surface area contributed by atoms with Crippen LogP contribution in [0.3, 0.4) is 0 Å². The maximum absolute atomic E-state index is 11.7. The van der Waals surface area contributed by atoms with Crippen molar-refractivity contribution in [3.8, 4) is 0 Å². The van der Waals surface area contributed by atoms with Crippen molar-refractivity contribution in [3.05, 3.63) is 57.9 Å². The number of H-pyrrole nitrogens is 1. The van der Waals surface area contributed by atoms with Crippen molar-refractivity contribution >= 4 is 11.2 Å². The largest absolute Gasteiger partial charge is 0.311 e. The Balaban J connectivity index is 2.06. The predicted molar refractivity (Wildman–Crippen MR) is 73.2 cm³/mol. The van der Waals surface area contributed by atoms with Gasteiger partial charge in [0.25, 0.3) is 5.56 Å². The van der Waals surface area contributed by atoms with Gasteiger partial charge in [-0.1, -0.05) is 29.8 Å². The van der Waals surface area contributed by atoms with Crippen LogP contribution in [0.5, 0.6) is 0 Å². The van der Waals surface area contributed by atoms with Gasteiger partial charge in [-0.05, 0) is 19.4 Å². The molecule has 0 unspecified atom stereocenters. The van der Waals surface area contributed by atoms with E-state index in [4.69, 9.17) is 0 Å². The van der Waals surface area contributed by atoms with Gasteiger partial charge in [0.05, 0.1) is 12.9 Å². The highest BCUT2D eigenvalue weighted by Crippen LogP contribution is 2.10. The second-order valence-corrected chi connectivity index (χ2v) is 4.68. The molecular formula is C14H14N4O. The Kier molecular flexibility index (Phi) is 2.67. The second kappa shape index (κ2) is 4.35. The molecule has 0 fully saturated rings. The van der Waals surface area contributed by atoms with E-state index in [0.717, 1.165) is 5.56 Å². The molecule has 0 bridgehead atoms. The molecule has 0 aliphatic rings. The molecule has 0 aliphatic heterocycles. The number of rotatable bonds is 2. The van der Waals surface area contributed by atoms with Crippen molar-refractivity contribution < 1.29 is 0 Å². The smallest absolute Gasteiger partial charge is 0.279 e. The molecule has 0 saturated heterocycles. The fourth-order valence-electron chi connectivity index (χ4n) is 2.07. The molecule has 0 aliphatic carbocycles. The predicted octanol–water partition coefficient (Wildman–Crippen LogP) is 1.78. The number of hydrogen-bond donors (Lipinski definition) is 1. The second-order valence-electron chi connectivity index (χ2n) is 4.68. The molecule has 0 radical (unpaired) electrons. The highest BCUT2D eigenvalue weighted by Gasteiger charge is 2.08. The first-order chi connectivity index (χ1) is 9.13. The molecule has 5 nitrogen and oxygen atoms in total. The van der Waals surface area contributed by atoms with E-state index >= 15 is 0 Å². The van der Waals surface area contributed by atoms with E-state index in [1.54, 1.807) is 13.3 Å². The molecule has 19 heavy (non-hydrogen) atoms. The first-order valence-electron chi connectivity index (χ1n) is 6.11. The topological polar surface area (TPSA) is 63.6 Å². The van der Waals surface area contributed by atoms with Crippen LogP contribution in [0.15, 0.2) is 35.4 Å². The number of aromatic nitrogens is 4. The third-order valence-electron chi connectivity index (χ3n) is 3.07. The Morgan fingerprint density at radius 2 is 1.95 bits per heavy atom. The summed E-state index contributed by atoms with van der Waals surface area (Å²) in [5.41, 5.74) is 3.21. The number of nitrogens with one attached hydrogen (secondary N) is 1. The van der Waals surface area contributed by atoms with E-state index in [1.165, 1.54) is 5.56 Å². The van der Waals surface area contributed by atoms with E-state index in [0.29, 0.717) is 23.5 Å². The molecule has 5 heteroatoms. The van der Waals surface area contributed by atoms with Crippen molar-refractivity contribution in [3.63, 3.8) is 0 Å². The summed E-state index contributed by atoms with van der Waals surface area (Å²) >= 11 is 0. The summed E-state index contributed by atoms with van der Waals surface area (Å²) in [7, 11) is 0. The standard InChI is InChI=1S/C14H14N4O/c1-9-3-5-11(6-4-9)7-18-8-15-12-13(18)16-10(2)17-14(12)19/h3-6,8H,7H2,1-2H3,(H,16,17,19). The Morgan fingerprint density at radius 1 is 1.21 bits per heavy atom. The number of benzene rings is 1. The summed E-state index contributed by atoms with van der Waals surface area (Å²) < 4.78 is 1.89. The number of hydrogen-bond acceptors (Lipinski definition) is 3. The van der Waals surface area contributed by atoms with Crippen LogP contribution in [0, 0.1) is 13.8 Å². The van der Waals surface area contributed by atoms with Gasteiger partial charge in [0.15, 0.2) is 11.2 Å². The maximum Gasteiger partial charge on any atom is 0.279 e. The molecule has 1 aromatic carbocycles. The first-order valence-corrected chi connectivity index (χ1v) is 6.11. The molecule has 0 saturated carbocycles. The van der Waals surface area contributed by atoms with Crippen LogP contribution >= 0.6 is 0 Å². The van der Waals surface area contributed by atoms with Gasteiger partial charge in [-0.25, -0.2) is 9.97 Å². The summed E-state index contributed by atoms with van der Waals surface area (Å²) in [4.78, 5) is 22.9. The van der Waals surface area contributed by atoms with Gasteiger partial charge < -0.3 is 9.55 Å². The summed E-state index contributed by atoms with van der Waals surface area (Å²) in [5.74, 6) is 0.600. The zero-order valence-electron chi connectivity index (χ0n) is 10.8. The highest BCUT2D eigenvalue weighted by molar-refractivity contribution is 5.69. The zero-order chi connectivity index (χ0) is 13.4. The van der Waals surface area contributed by atoms with E-state index in [1.807, 2.05) is 4.57 Å². The fraction of sp³-hybridized carbons (Fsp3) is 0.214. The number of aryl methyl sites for hydroxylation is 2. The number of aromatic amines is 1. The lowest BCUT2D eigenvalue weighted by molar-refractivity contribution is 0.809. The lowest BCUT2D eigenvalue weighted by Gasteiger charge is -2.04. The van der Waals surface area contributed by atoms with Crippen LogP contribution in [0.25, 0.3) is 11.2 Å². The average Bonchev–Trinajstić information content (AvgIpc) is 2.76. The van der Waals surface area contributed by atoms with Crippen LogP contribution in [0.4, 0.5) is 0 Å². The van der Waals surface area contributed by atoms with E-state index in [9.17, 15) is 4.79 Å². The molecule has 2 aromatic heterocycles. The van der Waals surface area contributed by atoms with Crippen molar-refractivity contribution in [2.45, 2.75) is 20.4 Å². The van der Waals surface area contributed by atoms with Crippen molar-refractivity contribution in [1.82, 2.24) is 19.5 Å². The quantitative estimate of drug-likeness (QED) is 0.758. The van der Waals surface area contributed by atoms with Crippen LogP contribution in [-0.4, -0.2) is 19.5 Å². The lowest BCUT2D eigenvalue weighted by Crippen LogP contribution is -2.11. The normalized spacial score (nSPS) is 11.1. The van der Waals surface area contributed by atoms with Gasteiger partial charge in [0.2, 0.25) is 0 Å². The SMILES string of the molecule is Cc1ccc(Cn2cnc3c(=O)[nH]c(C)nc32)cc1. The van der Waals surface area contributed by atoms with Crippen molar-refractivity contribution in [1.29, 1.82) is 0 Å². The minimum Gasteiger partial charge on any atom is -0.311 e. The van der Waals surface area contributed by atoms with Crippen LogP contribution < -0.4 is 5.56 Å². The number of fused-ring (bicyclic) bond motifs is 1. The van der Waals surface area contributed by atoms with Crippen LogP contribution in [0.1, 0.15) is 17.0 Å². The fourth-order valence-corrected chi connectivity index (χ4v) is 2.07. The summed E-state index contributed by atoms with van der Waals surface area (Å²) in [6.45, 7) is 4.48. The molecule has 2 heterocycles. The molecule has 0 atom stereocenters. The molecule has 3 rings (SSSR count). The molecule has 0 spiro atoms. The lowest BCUT2D eigenvalue weighted by atomic mass is 10.1. The van der Waals surface area contributed by atoms with Gasteiger partial charge in [0, 0.05) is 0 Å². The highest BCUT2D eigenvalue weighted by atomic mass is 16.1. The Hall–Kier alpha value is -2.43. The molecular weight excluding hydrogens is 240 g/mol. The average molecular weight is 254 g/mol. The Labute approximate surface area is 110 Å². The summed E-state index contributed by atoms with van der Waals surface area (Å²) in [5, 5.41) is 0. The minimum atomic E-state index is -0.190. The van der Waals surface area contributed by atoms with E-state index < -0.39 is 0 Å². The van der Waals surface area contributed by atoms with Gasteiger partial charge in [0.1, 0.15) is 5.82 Å². The zero-order valence-corrected chi connectivity index (χ0v) is 10.8. The van der Waals surface area contributed by atoms with E-state index in [-0.39, 0.29) is 5.56 Å². The van der Waals surface area contributed by atoms with Gasteiger partial charge >= 0.3 is 0 Å². The van der Waals surface area contributed by atoms with Crippen LogP contribution in [-0.2, 0) is 6.54 Å². The number of nitrogens with zero attached hydrogens (tertiary/aromatic N) is 3.